The number of carbonyl (C=O) groups excluding carboxylic acids is 1. The first-order valence-electron chi connectivity index (χ1n) is 9.41. The average molecular weight is 360 g/mol. The molecule has 3 rings (SSSR count). The number of benzene rings is 1. The fourth-order valence-electron chi connectivity index (χ4n) is 4.23. The standard InChI is InChI=1S/C19H28N4O3/c1-13-8-14(2)11-22(10-13)17-5-4-16(9-18(17)23(25)26)19(24)21-7-6-20-15(3)12-21/h4-5,9,13-15,20H,6-8,10-12H2,1-3H3. The Morgan fingerprint density at radius 3 is 2.50 bits per heavy atom. The van der Waals surface area contributed by atoms with E-state index in [2.05, 4.69) is 24.1 Å². The number of nitro benzene ring substituents is 1. The van der Waals surface area contributed by atoms with Crippen molar-refractivity contribution in [3.63, 3.8) is 0 Å². The van der Waals surface area contributed by atoms with E-state index < -0.39 is 0 Å². The first kappa shape index (κ1) is 18.6. The van der Waals surface area contributed by atoms with Gasteiger partial charge in [0.25, 0.3) is 11.6 Å². The van der Waals surface area contributed by atoms with Gasteiger partial charge in [0.2, 0.25) is 0 Å². The van der Waals surface area contributed by atoms with E-state index in [0.717, 1.165) is 26.1 Å². The number of piperidine rings is 1. The summed E-state index contributed by atoms with van der Waals surface area (Å²) >= 11 is 0. The quantitative estimate of drug-likeness (QED) is 0.662. The SMILES string of the molecule is CC1CC(C)CN(c2ccc(C(=O)N3CCNC(C)C3)cc2[N+](=O)[O-])C1. The Labute approximate surface area is 154 Å². The smallest absolute Gasteiger partial charge is 0.293 e. The van der Waals surface area contributed by atoms with Crippen molar-refractivity contribution < 1.29 is 9.72 Å². The van der Waals surface area contributed by atoms with Gasteiger partial charge < -0.3 is 15.1 Å². The lowest BCUT2D eigenvalue weighted by molar-refractivity contribution is -0.384. The molecule has 1 amide bonds. The lowest BCUT2D eigenvalue weighted by Gasteiger charge is -2.36. The highest BCUT2D eigenvalue weighted by Gasteiger charge is 2.29. The van der Waals surface area contributed by atoms with Gasteiger partial charge in [0, 0.05) is 50.4 Å². The van der Waals surface area contributed by atoms with Crippen molar-refractivity contribution in [3.05, 3.63) is 33.9 Å². The minimum Gasteiger partial charge on any atom is -0.365 e. The van der Waals surface area contributed by atoms with Crippen LogP contribution in [0.15, 0.2) is 18.2 Å². The Morgan fingerprint density at radius 1 is 1.19 bits per heavy atom. The molecule has 1 aromatic rings. The molecule has 1 N–H and O–H groups in total. The normalized spacial score (nSPS) is 26.7. The van der Waals surface area contributed by atoms with Crippen LogP contribution in [0.1, 0.15) is 37.6 Å². The Bertz CT molecular complexity index is 683. The summed E-state index contributed by atoms with van der Waals surface area (Å²) in [5.74, 6) is 0.873. The van der Waals surface area contributed by atoms with Crippen molar-refractivity contribution in [1.82, 2.24) is 10.2 Å². The van der Waals surface area contributed by atoms with Gasteiger partial charge in [0.15, 0.2) is 0 Å². The maximum Gasteiger partial charge on any atom is 0.293 e. The van der Waals surface area contributed by atoms with Gasteiger partial charge >= 0.3 is 0 Å². The second-order valence-electron chi connectivity index (χ2n) is 7.92. The van der Waals surface area contributed by atoms with Crippen molar-refractivity contribution in [1.29, 1.82) is 0 Å². The van der Waals surface area contributed by atoms with Crippen LogP contribution in [0.25, 0.3) is 0 Å². The molecule has 7 nitrogen and oxygen atoms in total. The van der Waals surface area contributed by atoms with Crippen LogP contribution in [0.2, 0.25) is 0 Å². The van der Waals surface area contributed by atoms with Crippen molar-refractivity contribution in [2.24, 2.45) is 11.8 Å². The summed E-state index contributed by atoms with van der Waals surface area (Å²) in [7, 11) is 0. The number of carbonyl (C=O) groups is 1. The highest BCUT2D eigenvalue weighted by Crippen LogP contribution is 2.34. The largest absolute Gasteiger partial charge is 0.365 e. The van der Waals surface area contributed by atoms with Crippen molar-refractivity contribution in [3.8, 4) is 0 Å². The summed E-state index contributed by atoms with van der Waals surface area (Å²) in [6, 6.07) is 5.18. The lowest BCUT2D eigenvalue weighted by atomic mass is 9.91. The van der Waals surface area contributed by atoms with Gasteiger partial charge in [-0.05, 0) is 37.3 Å². The summed E-state index contributed by atoms with van der Waals surface area (Å²) < 4.78 is 0. The summed E-state index contributed by atoms with van der Waals surface area (Å²) in [5.41, 5.74) is 1.05. The Balaban J connectivity index is 1.87. The third-order valence-electron chi connectivity index (χ3n) is 5.28. The molecule has 3 unspecified atom stereocenters. The van der Waals surface area contributed by atoms with E-state index >= 15 is 0 Å². The summed E-state index contributed by atoms with van der Waals surface area (Å²) in [5, 5.41) is 15.0. The van der Waals surface area contributed by atoms with Gasteiger partial charge in [0.1, 0.15) is 5.69 Å². The van der Waals surface area contributed by atoms with Crippen molar-refractivity contribution >= 4 is 17.3 Å². The van der Waals surface area contributed by atoms with Crippen LogP contribution < -0.4 is 10.2 Å². The number of anilines is 1. The molecule has 7 heteroatoms. The molecule has 0 spiro atoms. The number of amides is 1. The maximum absolute atomic E-state index is 12.8. The predicted octanol–water partition coefficient (Wildman–Crippen LogP) is 2.51. The van der Waals surface area contributed by atoms with Crippen LogP contribution in [0.4, 0.5) is 11.4 Å². The van der Waals surface area contributed by atoms with E-state index in [1.54, 1.807) is 17.0 Å². The fourth-order valence-corrected chi connectivity index (χ4v) is 4.23. The fraction of sp³-hybridized carbons (Fsp3) is 0.632. The maximum atomic E-state index is 12.8. The zero-order valence-corrected chi connectivity index (χ0v) is 15.8. The van der Waals surface area contributed by atoms with Gasteiger partial charge in [-0.3, -0.25) is 14.9 Å². The minimum atomic E-state index is -0.365. The molecular formula is C19H28N4O3. The zero-order chi connectivity index (χ0) is 18.8. The minimum absolute atomic E-state index is 0.0281. The zero-order valence-electron chi connectivity index (χ0n) is 15.8. The van der Waals surface area contributed by atoms with E-state index in [-0.39, 0.29) is 22.6 Å². The molecule has 0 bridgehead atoms. The summed E-state index contributed by atoms with van der Waals surface area (Å²) in [6.07, 6.45) is 1.14. The first-order valence-corrected chi connectivity index (χ1v) is 9.41. The average Bonchev–Trinajstić information content (AvgIpc) is 2.59. The van der Waals surface area contributed by atoms with Gasteiger partial charge in [-0.2, -0.15) is 0 Å². The van der Waals surface area contributed by atoms with E-state index in [0.29, 0.717) is 36.2 Å². The van der Waals surface area contributed by atoms with E-state index in [4.69, 9.17) is 0 Å². The molecule has 2 aliphatic heterocycles. The number of nitrogens with one attached hydrogen (secondary N) is 1. The highest BCUT2D eigenvalue weighted by atomic mass is 16.6. The van der Waals surface area contributed by atoms with Crippen LogP contribution in [-0.4, -0.2) is 54.5 Å². The topological polar surface area (TPSA) is 78.7 Å². The highest BCUT2D eigenvalue weighted by molar-refractivity contribution is 5.96. The number of nitro groups is 1. The van der Waals surface area contributed by atoms with Gasteiger partial charge in [-0.15, -0.1) is 0 Å². The number of hydrogen-bond acceptors (Lipinski definition) is 5. The van der Waals surface area contributed by atoms with Gasteiger partial charge in [-0.1, -0.05) is 13.8 Å². The van der Waals surface area contributed by atoms with Crippen LogP contribution in [-0.2, 0) is 0 Å². The van der Waals surface area contributed by atoms with Crippen LogP contribution in [0, 0.1) is 22.0 Å². The molecule has 2 fully saturated rings. The predicted molar refractivity (Wildman–Crippen MR) is 102 cm³/mol. The summed E-state index contributed by atoms with van der Waals surface area (Å²) in [4.78, 5) is 27.9. The third-order valence-corrected chi connectivity index (χ3v) is 5.28. The van der Waals surface area contributed by atoms with Crippen LogP contribution in [0.5, 0.6) is 0 Å². The molecule has 3 atom stereocenters. The van der Waals surface area contributed by atoms with Crippen LogP contribution >= 0.6 is 0 Å². The molecule has 0 aromatic heterocycles. The molecule has 2 saturated heterocycles. The molecule has 26 heavy (non-hydrogen) atoms. The second kappa shape index (κ2) is 7.61. The van der Waals surface area contributed by atoms with Gasteiger partial charge in [0.05, 0.1) is 4.92 Å². The molecular weight excluding hydrogens is 332 g/mol. The van der Waals surface area contributed by atoms with Crippen molar-refractivity contribution in [2.75, 3.05) is 37.6 Å². The van der Waals surface area contributed by atoms with Crippen LogP contribution in [0.3, 0.4) is 0 Å². The molecule has 0 aliphatic carbocycles. The van der Waals surface area contributed by atoms with E-state index in [9.17, 15) is 14.9 Å². The number of rotatable bonds is 3. The first-order chi connectivity index (χ1) is 12.3. The number of nitrogens with zero attached hydrogens (tertiary/aromatic N) is 3. The monoisotopic (exact) mass is 360 g/mol. The molecule has 142 valence electrons. The second-order valence-corrected chi connectivity index (χ2v) is 7.92. The Morgan fingerprint density at radius 2 is 1.88 bits per heavy atom. The van der Waals surface area contributed by atoms with E-state index in [1.165, 1.54) is 6.07 Å². The molecule has 2 heterocycles. The lowest BCUT2D eigenvalue weighted by Crippen LogP contribution is -2.51. The molecule has 0 radical (unpaired) electrons. The van der Waals surface area contributed by atoms with Gasteiger partial charge in [-0.25, -0.2) is 0 Å². The molecule has 2 aliphatic rings. The molecule has 0 saturated carbocycles. The third kappa shape index (κ3) is 3.98. The Kier molecular flexibility index (Phi) is 5.46. The van der Waals surface area contributed by atoms with Crippen molar-refractivity contribution in [2.45, 2.75) is 33.2 Å². The number of hydrogen-bond donors (Lipinski definition) is 1. The number of piperazine rings is 1. The summed E-state index contributed by atoms with van der Waals surface area (Å²) in [6.45, 7) is 10.0. The van der Waals surface area contributed by atoms with E-state index in [1.807, 2.05) is 6.92 Å². The Hall–Kier alpha value is -2.15. The molecule has 1 aromatic carbocycles.